The minimum Gasteiger partial charge on any atom is -0.352 e. The largest absolute Gasteiger partial charge is 0.352 e. The van der Waals surface area contributed by atoms with Gasteiger partial charge in [-0.15, -0.1) is 0 Å². The molecule has 3 N–H and O–H groups in total. The molecule has 2 atom stereocenters. The first kappa shape index (κ1) is 15.4. The number of nitrogens with one attached hydrogen (secondary N) is 1. The third-order valence-corrected chi connectivity index (χ3v) is 2.96. The fourth-order valence-electron chi connectivity index (χ4n) is 1.73. The van der Waals surface area contributed by atoms with Gasteiger partial charge < -0.3 is 16.0 Å². The van der Waals surface area contributed by atoms with E-state index in [-0.39, 0.29) is 17.9 Å². The Kier molecular flexibility index (Phi) is 8.21. The van der Waals surface area contributed by atoms with Crippen LogP contribution >= 0.6 is 0 Å². The first-order valence-electron chi connectivity index (χ1n) is 6.31. The van der Waals surface area contributed by atoms with Gasteiger partial charge in [0.2, 0.25) is 5.91 Å². The minimum atomic E-state index is -0.0425. The number of likely N-dealkylation sites (N-methyl/N-ethyl adjacent to an activating group) is 1. The summed E-state index contributed by atoms with van der Waals surface area (Å²) in [6, 6.07) is 0.188. The first-order chi connectivity index (χ1) is 7.58. The molecule has 16 heavy (non-hydrogen) atoms. The predicted molar refractivity (Wildman–Crippen MR) is 68.2 cm³/mol. The smallest absolute Gasteiger partial charge is 0.224 e. The van der Waals surface area contributed by atoms with E-state index in [1.165, 1.54) is 0 Å². The predicted octanol–water partition coefficient (Wildman–Crippen LogP) is 0.818. The number of amides is 1. The van der Waals surface area contributed by atoms with Crippen molar-refractivity contribution in [3.8, 4) is 0 Å². The fraction of sp³-hybridized carbons (Fsp3) is 0.917. The lowest BCUT2D eigenvalue weighted by molar-refractivity contribution is -0.125. The van der Waals surface area contributed by atoms with Crippen LogP contribution < -0.4 is 11.1 Å². The summed E-state index contributed by atoms with van der Waals surface area (Å²) in [4.78, 5) is 14.1. The highest BCUT2D eigenvalue weighted by Gasteiger charge is 2.17. The van der Waals surface area contributed by atoms with Gasteiger partial charge in [-0.2, -0.15) is 0 Å². The monoisotopic (exact) mass is 229 g/mol. The van der Waals surface area contributed by atoms with Crippen LogP contribution in [0, 0.1) is 5.92 Å². The maximum Gasteiger partial charge on any atom is 0.224 e. The van der Waals surface area contributed by atoms with Gasteiger partial charge in [-0.05, 0) is 26.4 Å². The zero-order valence-corrected chi connectivity index (χ0v) is 11.1. The third kappa shape index (κ3) is 5.47. The molecule has 0 heterocycles. The van der Waals surface area contributed by atoms with E-state index in [2.05, 4.69) is 24.1 Å². The highest BCUT2D eigenvalue weighted by atomic mass is 16.1. The molecule has 0 rings (SSSR count). The highest BCUT2D eigenvalue weighted by Crippen LogP contribution is 2.01. The van der Waals surface area contributed by atoms with Crippen molar-refractivity contribution in [2.45, 2.75) is 40.2 Å². The van der Waals surface area contributed by atoms with Gasteiger partial charge >= 0.3 is 0 Å². The van der Waals surface area contributed by atoms with Crippen LogP contribution in [-0.4, -0.2) is 43.0 Å². The number of rotatable bonds is 8. The lowest BCUT2D eigenvalue weighted by Crippen LogP contribution is -2.45. The summed E-state index contributed by atoms with van der Waals surface area (Å²) in [6.45, 7) is 11.7. The Balaban J connectivity index is 4.03. The summed E-state index contributed by atoms with van der Waals surface area (Å²) in [5, 5.41) is 3.02. The summed E-state index contributed by atoms with van der Waals surface area (Å²) >= 11 is 0. The van der Waals surface area contributed by atoms with E-state index in [0.29, 0.717) is 6.54 Å². The van der Waals surface area contributed by atoms with Crippen LogP contribution in [0.3, 0.4) is 0 Å². The van der Waals surface area contributed by atoms with Crippen molar-refractivity contribution in [2.24, 2.45) is 11.7 Å². The molecule has 0 fully saturated rings. The molecule has 0 aliphatic heterocycles. The maximum absolute atomic E-state index is 11.8. The average Bonchev–Trinajstić information content (AvgIpc) is 2.27. The summed E-state index contributed by atoms with van der Waals surface area (Å²) in [6.07, 6.45) is 0.806. The van der Waals surface area contributed by atoms with Crippen molar-refractivity contribution in [3.05, 3.63) is 0 Å². The van der Waals surface area contributed by atoms with Crippen molar-refractivity contribution in [1.29, 1.82) is 0 Å². The summed E-state index contributed by atoms with van der Waals surface area (Å²) in [5.41, 5.74) is 5.54. The molecule has 4 nitrogen and oxygen atoms in total. The molecule has 0 aliphatic rings. The average molecular weight is 229 g/mol. The van der Waals surface area contributed by atoms with Crippen LogP contribution in [0.5, 0.6) is 0 Å². The quantitative estimate of drug-likeness (QED) is 0.648. The minimum absolute atomic E-state index is 0.0425. The number of hydrogen-bond acceptors (Lipinski definition) is 3. The van der Waals surface area contributed by atoms with Crippen LogP contribution in [0.25, 0.3) is 0 Å². The van der Waals surface area contributed by atoms with E-state index in [4.69, 9.17) is 5.73 Å². The summed E-state index contributed by atoms with van der Waals surface area (Å²) in [5.74, 6) is 0.0452. The number of nitrogens with zero attached hydrogens (tertiary/aromatic N) is 1. The normalized spacial score (nSPS) is 14.9. The van der Waals surface area contributed by atoms with Crippen LogP contribution in [0.2, 0.25) is 0 Å². The lowest BCUT2D eigenvalue weighted by atomic mass is 10.1. The zero-order chi connectivity index (χ0) is 12.6. The maximum atomic E-state index is 11.8. The number of nitrogens with two attached hydrogens (primary N) is 1. The topological polar surface area (TPSA) is 58.4 Å². The zero-order valence-electron chi connectivity index (χ0n) is 11.1. The number of carbonyl (C=O) groups excluding carboxylic acids is 1. The Morgan fingerprint density at radius 1 is 1.31 bits per heavy atom. The molecule has 1 amide bonds. The molecule has 0 aromatic carbocycles. The van der Waals surface area contributed by atoms with Gasteiger partial charge in [-0.25, -0.2) is 0 Å². The second kappa shape index (κ2) is 8.53. The SMILES string of the molecule is CCC(CN)C(=O)NC(C)CN(CC)CC. The molecule has 0 bridgehead atoms. The molecule has 0 aliphatic carbocycles. The summed E-state index contributed by atoms with van der Waals surface area (Å²) in [7, 11) is 0. The number of hydrogen-bond donors (Lipinski definition) is 2. The van der Waals surface area contributed by atoms with Crippen LogP contribution in [0.4, 0.5) is 0 Å². The molecule has 0 spiro atoms. The molecule has 4 heteroatoms. The fourth-order valence-corrected chi connectivity index (χ4v) is 1.73. The van der Waals surface area contributed by atoms with Gasteiger partial charge in [0.15, 0.2) is 0 Å². The van der Waals surface area contributed by atoms with E-state index in [1.54, 1.807) is 0 Å². The molecule has 0 aromatic rings. The Morgan fingerprint density at radius 2 is 1.88 bits per heavy atom. The Bertz CT molecular complexity index is 189. The van der Waals surface area contributed by atoms with E-state index in [9.17, 15) is 4.79 Å². The summed E-state index contributed by atoms with van der Waals surface area (Å²) < 4.78 is 0. The molecule has 2 unspecified atom stereocenters. The van der Waals surface area contributed by atoms with Gasteiger partial charge in [-0.3, -0.25) is 4.79 Å². The molecule has 0 aromatic heterocycles. The van der Waals surface area contributed by atoms with Crippen LogP contribution in [0.15, 0.2) is 0 Å². The molecule has 0 saturated carbocycles. The van der Waals surface area contributed by atoms with Crippen molar-refractivity contribution >= 4 is 5.91 Å². The molecule has 96 valence electrons. The van der Waals surface area contributed by atoms with Crippen molar-refractivity contribution in [3.63, 3.8) is 0 Å². The first-order valence-corrected chi connectivity index (χ1v) is 6.31. The van der Waals surface area contributed by atoms with E-state index >= 15 is 0 Å². The number of carbonyl (C=O) groups is 1. The van der Waals surface area contributed by atoms with Crippen molar-refractivity contribution < 1.29 is 4.79 Å². The second-order valence-corrected chi connectivity index (χ2v) is 4.24. The van der Waals surface area contributed by atoms with Gasteiger partial charge in [0.25, 0.3) is 0 Å². The second-order valence-electron chi connectivity index (χ2n) is 4.24. The molecular weight excluding hydrogens is 202 g/mol. The Morgan fingerprint density at radius 3 is 2.25 bits per heavy atom. The highest BCUT2D eigenvalue weighted by molar-refractivity contribution is 5.79. The van der Waals surface area contributed by atoms with E-state index in [1.807, 2.05) is 13.8 Å². The molecular formula is C12H27N3O. The van der Waals surface area contributed by atoms with Gasteiger partial charge in [0.1, 0.15) is 0 Å². The Hall–Kier alpha value is -0.610. The Labute approximate surface area is 99.6 Å². The van der Waals surface area contributed by atoms with Gasteiger partial charge in [0.05, 0.1) is 0 Å². The standard InChI is InChI=1S/C12H27N3O/c1-5-11(8-13)12(16)14-10(4)9-15(6-2)7-3/h10-11H,5-9,13H2,1-4H3,(H,14,16). The van der Waals surface area contributed by atoms with Crippen molar-refractivity contribution in [2.75, 3.05) is 26.2 Å². The third-order valence-electron chi connectivity index (χ3n) is 2.96. The van der Waals surface area contributed by atoms with E-state index in [0.717, 1.165) is 26.1 Å². The lowest BCUT2D eigenvalue weighted by Gasteiger charge is -2.24. The molecule has 0 saturated heterocycles. The van der Waals surface area contributed by atoms with E-state index < -0.39 is 0 Å². The molecule has 0 radical (unpaired) electrons. The van der Waals surface area contributed by atoms with Gasteiger partial charge in [-0.1, -0.05) is 20.8 Å². The van der Waals surface area contributed by atoms with Crippen molar-refractivity contribution in [1.82, 2.24) is 10.2 Å². The van der Waals surface area contributed by atoms with Crippen LogP contribution in [-0.2, 0) is 4.79 Å². The van der Waals surface area contributed by atoms with Crippen LogP contribution in [0.1, 0.15) is 34.1 Å². The van der Waals surface area contributed by atoms with Gasteiger partial charge in [0, 0.05) is 25.0 Å².